The van der Waals surface area contributed by atoms with Crippen molar-refractivity contribution >= 4 is 22.1 Å². The summed E-state index contributed by atoms with van der Waals surface area (Å²) in [5.74, 6) is -0.334. The van der Waals surface area contributed by atoms with E-state index in [1.807, 2.05) is 0 Å². The number of fused-ring (bicyclic) bond motifs is 1. The van der Waals surface area contributed by atoms with Gasteiger partial charge in [-0.05, 0) is 6.42 Å². The summed E-state index contributed by atoms with van der Waals surface area (Å²) < 4.78 is 32.0. The summed E-state index contributed by atoms with van der Waals surface area (Å²) in [5, 5.41) is 0. The first-order chi connectivity index (χ1) is 9.86. The molecule has 2 aliphatic rings. The zero-order valence-corrected chi connectivity index (χ0v) is 13.1. The summed E-state index contributed by atoms with van der Waals surface area (Å²) in [6.07, 6.45) is 1.22. The fraction of sp³-hybridized carbons (Fsp3) is 0.833. The molecule has 2 aliphatic heterocycles. The second-order valence-electron chi connectivity index (χ2n) is 5.29. The lowest BCUT2D eigenvalue weighted by Crippen LogP contribution is -2.55. The molecule has 0 N–H and O–H groups in total. The summed E-state index contributed by atoms with van der Waals surface area (Å²) >= 11 is 0. The number of carbonyl (C=O) groups excluding carboxylic acids is 2. The number of nitrogens with zero attached hydrogens (tertiary/aromatic N) is 3. The molecule has 120 valence electrons. The fourth-order valence-electron chi connectivity index (χ4n) is 2.71. The van der Waals surface area contributed by atoms with E-state index in [1.165, 1.54) is 18.5 Å². The first-order valence-corrected chi connectivity index (χ1v) is 8.33. The Labute approximate surface area is 124 Å². The summed E-state index contributed by atoms with van der Waals surface area (Å²) in [6, 6.07) is -0.0185. The average molecular weight is 319 g/mol. The quantitative estimate of drug-likeness (QED) is 0.609. The first-order valence-electron chi connectivity index (χ1n) is 6.94. The standard InChI is InChI=1S/C12H21N3O5S/c1-13(6-5-12(17)20-2)21(18,19)14-7-8-15-10(9-14)3-4-11(15)16/h10H,3-9H2,1-2H3. The molecule has 1 atom stereocenters. The number of esters is 1. The van der Waals surface area contributed by atoms with Crippen LogP contribution in [0, 0.1) is 0 Å². The van der Waals surface area contributed by atoms with Gasteiger partial charge in [-0.2, -0.15) is 17.0 Å². The van der Waals surface area contributed by atoms with Gasteiger partial charge in [0.05, 0.1) is 13.5 Å². The van der Waals surface area contributed by atoms with Crippen LogP contribution in [0.5, 0.6) is 0 Å². The zero-order chi connectivity index (χ0) is 15.6. The minimum atomic E-state index is -3.60. The van der Waals surface area contributed by atoms with E-state index in [1.54, 1.807) is 4.90 Å². The second kappa shape index (κ2) is 6.29. The summed E-state index contributed by atoms with van der Waals surface area (Å²) in [5.41, 5.74) is 0. The van der Waals surface area contributed by atoms with Crippen LogP contribution in [0.1, 0.15) is 19.3 Å². The number of piperazine rings is 1. The number of carbonyl (C=O) groups is 2. The number of hydrogen-bond donors (Lipinski definition) is 0. The molecule has 0 bridgehead atoms. The fourth-order valence-corrected chi connectivity index (χ4v) is 4.10. The Morgan fingerprint density at radius 3 is 2.81 bits per heavy atom. The summed E-state index contributed by atoms with van der Waals surface area (Å²) in [4.78, 5) is 24.5. The Morgan fingerprint density at radius 1 is 1.43 bits per heavy atom. The smallest absolute Gasteiger partial charge is 0.306 e. The third kappa shape index (κ3) is 3.35. The largest absolute Gasteiger partial charge is 0.469 e. The number of rotatable bonds is 5. The van der Waals surface area contributed by atoms with Crippen LogP contribution in [-0.2, 0) is 24.5 Å². The molecular weight excluding hydrogens is 298 g/mol. The van der Waals surface area contributed by atoms with Crippen molar-refractivity contribution in [3.63, 3.8) is 0 Å². The molecule has 0 radical (unpaired) electrons. The van der Waals surface area contributed by atoms with Crippen molar-refractivity contribution in [2.45, 2.75) is 25.3 Å². The van der Waals surface area contributed by atoms with Crippen LogP contribution < -0.4 is 0 Å². The first kappa shape index (κ1) is 16.2. The molecule has 0 aliphatic carbocycles. The van der Waals surface area contributed by atoms with Crippen LogP contribution in [0.25, 0.3) is 0 Å². The molecule has 0 aromatic carbocycles. The van der Waals surface area contributed by atoms with E-state index >= 15 is 0 Å². The van der Waals surface area contributed by atoms with Gasteiger partial charge in [0.25, 0.3) is 10.2 Å². The minimum Gasteiger partial charge on any atom is -0.469 e. The van der Waals surface area contributed by atoms with Gasteiger partial charge in [-0.1, -0.05) is 0 Å². The van der Waals surface area contributed by atoms with Crippen LogP contribution in [0.15, 0.2) is 0 Å². The molecule has 0 spiro atoms. The van der Waals surface area contributed by atoms with Crippen molar-refractivity contribution in [3.8, 4) is 0 Å². The molecule has 1 amide bonds. The highest BCUT2D eigenvalue weighted by atomic mass is 32.2. The predicted octanol–water partition coefficient (Wildman–Crippen LogP) is -0.967. The molecule has 2 rings (SSSR count). The molecule has 0 saturated carbocycles. The monoisotopic (exact) mass is 319 g/mol. The van der Waals surface area contributed by atoms with Crippen molar-refractivity contribution in [1.29, 1.82) is 0 Å². The topological polar surface area (TPSA) is 87.2 Å². The highest BCUT2D eigenvalue weighted by Gasteiger charge is 2.40. The van der Waals surface area contributed by atoms with Crippen molar-refractivity contribution in [3.05, 3.63) is 0 Å². The lowest BCUT2D eigenvalue weighted by molar-refractivity contribution is -0.140. The molecule has 1 unspecified atom stereocenters. The van der Waals surface area contributed by atoms with Crippen molar-refractivity contribution in [2.24, 2.45) is 0 Å². The van der Waals surface area contributed by atoms with Crippen molar-refractivity contribution in [1.82, 2.24) is 13.5 Å². The third-order valence-corrected chi connectivity index (χ3v) is 5.99. The molecule has 0 aromatic heterocycles. The van der Waals surface area contributed by atoms with Crippen LogP contribution in [-0.4, -0.2) is 80.2 Å². The van der Waals surface area contributed by atoms with Gasteiger partial charge >= 0.3 is 5.97 Å². The lowest BCUT2D eigenvalue weighted by Gasteiger charge is -2.38. The van der Waals surface area contributed by atoms with Crippen LogP contribution in [0.4, 0.5) is 0 Å². The Bertz CT molecular complexity index is 521. The predicted molar refractivity (Wildman–Crippen MR) is 74.5 cm³/mol. The normalized spacial score (nSPS) is 23.5. The van der Waals surface area contributed by atoms with Gasteiger partial charge in [-0.25, -0.2) is 0 Å². The Morgan fingerprint density at radius 2 is 2.14 bits per heavy atom. The second-order valence-corrected chi connectivity index (χ2v) is 7.33. The molecule has 2 saturated heterocycles. The van der Waals surface area contributed by atoms with Gasteiger partial charge in [0, 0.05) is 45.7 Å². The summed E-state index contributed by atoms with van der Waals surface area (Å²) in [7, 11) is -0.881. The molecular formula is C12H21N3O5S. The van der Waals surface area contributed by atoms with Crippen molar-refractivity contribution in [2.75, 3.05) is 40.3 Å². The van der Waals surface area contributed by atoms with E-state index in [4.69, 9.17) is 0 Å². The zero-order valence-electron chi connectivity index (χ0n) is 12.3. The van der Waals surface area contributed by atoms with E-state index in [2.05, 4.69) is 4.74 Å². The van der Waals surface area contributed by atoms with Crippen LogP contribution >= 0.6 is 0 Å². The van der Waals surface area contributed by atoms with Crippen LogP contribution in [0.2, 0.25) is 0 Å². The molecule has 2 fully saturated rings. The van der Waals surface area contributed by atoms with E-state index in [0.717, 1.165) is 4.31 Å². The van der Waals surface area contributed by atoms with Gasteiger partial charge in [0.1, 0.15) is 0 Å². The van der Waals surface area contributed by atoms with Gasteiger partial charge in [0.15, 0.2) is 0 Å². The third-order valence-electron chi connectivity index (χ3n) is 4.04. The number of hydrogen-bond acceptors (Lipinski definition) is 5. The Kier molecular flexibility index (Phi) is 4.84. The maximum atomic E-state index is 12.5. The van der Waals surface area contributed by atoms with Gasteiger partial charge in [0.2, 0.25) is 5.91 Å². The molecule has 8 nitrogen and oxygen atoms in total. The highest BCUT2D eigenvalue weighted by molar-refractivity contribution is 7.86. The SMILES string of the molecule is COC(=O)CCN(C)S(=O)(=O)N1CCN2C(=O)CCC2C1. The Balaban J connectivity index is 1.96. The van der Waals surface area contributed by atoms with E-state index < -0.39 is 16.2 Å². The molecule has 2 heterocycles. The van der Waals surface area contributed by atoms with Gasteiger partial charge in [-0.15, -0.1) is 0 Å². The summed E-state index contributed by atoms with van der Waals surface area (Å²) in [6.45, 7) is 1.15. The maximum absolute atomic E-state index is 12.5. The molecule has 21 heavy (non-hydrogen) atoms. The van der Waals surface area contributed by atoms with Gasteiger partial charge < -0.3 is 9.64 Å². The van der Waals surface area contributed by atoms with Crippen LogP contribution in [0.3, 0.4) is 0 Å². The van der Waals surface area contributed by atoms with E-state index in [9.17, 15) is 18.0 Å². The Hall–Kier alpha value is -1.19. The number of methoxy groups -OCH3 is 1. The van der Waals surface area contributed by atoms with Gasteiger partial charge in [-0.3, -0.25) is 9.59 Å². The number of amides is 1. The average Bonchev–Trinajstić information content (AvgIpc) is 2.85. The number of ether oxygens (including phenoxy) is 1. The lowest BCUT2D eigenvalue weighted by atomic mass is 10.2. The maximum Gasteiger partial charge on any atom is 0.306 e. The highest BCUT2D eigenvalue weighted by Crippen LogP contribution is 2.24. The minimum absolute atomic E-state index is 0.0185. The van der Waals surface area contributed by atoms with Crippen molar-refractivity contribution < 1.29 is 22.7 Å². The van der Waals surface area contributed by atoms with E-state index in [0.29, 0.717) is 32.5 Å². The molecule has 9 heteroatoms. The molecule has 0 aromatic rings. The van der Waals surface area contributed by atoms with E-state index in [-0.39, 0.29) is 24.9 Å².